The van der Waals surface area contributed by atoms with E-state index in [-0.39, 0.29) is 24.4 Å². The maximum absolute atomic E-state index is 12.9. The third kappa shape index (κ3) is 6.69. The molecule has 0 spiro atoms. The van der Waals surface area contributed by atoms with Crippen LogP contribution >= 0.6 is 0 Å². The van der Waals surface area contributed by atoms with E-state index in [1.54, 1.807) is 41.3 Å². The number of nitrogens with one attached hydrogen (secondary N) is 1. The molecule has 0 bridgehead atoms. The molecule has 0 unspecified atom stereocenters. The second-order valence-corrected chi connectivity index (χ2v) is 9.61. The molecule has 0 heterocycles. The van der Waals surface area contributed by atoms with Crippen LogP contribution in [0.3, 0.4) is 0 Å². The zero-order valence-electron chi connectivity index (χ0n) is 19.7. The summed E-state index contributed by atoms with van der Waals surface area (Å²) >= 11 is 0. The highest BCUT2D eigenvalue weighted by Crippen LogP contribution is 2.31. The minimum Gasteiger partial charge on any atom is -0.495 e. The van der Waals surface area contributed by atoms with Crippen molar-refractivity contribution in [3.8, 4) is 11.5 Å². The Labute approximate surface area is 207 Å². The molecule has 36 heavy (non-hydrogen) atoms. The van der Waals surface area contributed by atoms with Crippen LogP contribution in [0.1, 0.15) is 25.0 Å². The summed E-state index contributed by atoms with van der Waals surface area (Å²) in [6.45, 7) is 3.90. The molecule has 0 aliphatic heterocycles. The van der Waals surface area contributed by atoms with E-state index in [1.807, 2.05) is 13.8 Å². The third-order valence-electron chi connectivity index (χ3n) is 5.17. The molecule has 192 valence electrons. The van der Waals surface area contributed by atoms with Crippen LogP contribution in [0.4, 0.5) is 23.7 Å². The summed E-state index contributed by atoms with van der Waals surface area (Å²) in [6, 6.07) is 15.7. The van der Waals surface area contributed by atoms with Gasteiger partial charge in [-0.05, 0) is 61.9 Å². The first kappa shape index (κ1) is 26.9. The summed E-state index contributed by atoms with van der Waals surface area (Å²) in [6.07, 6.45) is -4.69. The number of rotatable bonds is 8. The fraction of sp³-hybridized carbons (Fsp3) is 0.240. The SMILES string of the molecule is COc1ccccc1NC(=O)N(Cc1ccc(OS(=O)(=O)c2cccc(C(F)(F)F)c2)cc1)C(C)C. The summed E-state index contributed by atoms with van der Waals surface area (Å²) in [7, 11) is -2.98. The van der Waals surface area contributed by atoms with Gasteiger partial charge in [-0.25, -0.2) is 4.79 Å². The number of anilines is 1. The lowest BCUT2D eigenvalue weighted by Gasteiger charge is -2.27. The molecule has 2 amide bonds. The Balaban J connectivity index is 1.72. The van der Waals surface area contributed by atoms with Crippen molar-refractivity contribution in [2.45, 2.75) is 37.5 Å². The lowest BCUT2D eigenvalue weighted by Crippen LogP contribution is -2.39. The Kier molecular flexibility index (Phi) is 8.13. The molecule has 0 aliphatic rings. The van der Waals surface area contributed by atoms with Crippen molar-refractivity contribution in [1.29, 1.82) is 0 Å². The lowest BCUT2D eigenvalue weighted by atomic mass is 10.2. The molecule has 3 aromatic rings. The number of halogens is 3. The topological polar surface area (TPSA) is 84.9 Å². The molecule has 3 aromatic carbocycles. The van der Waals surface area contributed by atoms with Crippen LogP contribution in [0.2, 0.25) is 0 Å². The minimum atomic E-state index is -4.69. The van der Waals surface area contributed by atoms with E-state index >= 15 is 0 Å². The molecule has 0 radical (unpaired) electrons. The highest BCUT2D eigenvalue weighted by atomic mass is 32.2. The first-order valence-corrected chi connectivity index (χ1v) is 12.2. The first-order valence-electron chi connectivity index (χ1n) is 10.8. The molecular weight excluding hydrogens is 497 g/mol. The number of carbonyl (C=O) groups is 1. The van der Waals surface area contributed by atoms with Crippen molar-refractivity contribution in [1.82, 2.24) is 4.90 Å². The molecule has 0 aromatic heterocycles. The highest BCUT2D eigenvalue weighted by molar-refractivity contribution is 7.87. The Morgan fingerprint density at radius 2 is 1.67 bits per heavy atom. The Morgan fingerprint density at radius 1 is 1.00 bits per heavy atom. The number of hydrogen-bond donors (Lipinski definition) is 1. The number of ether oxygens (including phenoxy) is 1. The maximum Gasteiger partial charge on any atom is 0.416 e. The predicted molar refractivity (Wildman–Crippen MR) is 128 cm³/mol. The summed E-state index contributed by atoms with van der Waals surface area (Å²) in [4.78, 5) is 13.9. The largest absolute Gasteiger partial charge is 0.495 e. The minimum absolute atomic E-state index is 0.0780. The number of para-hydroxylation sites is 2. The van der Waals surface area contributed by atoms with Crippen LogP contribution in [0.25, 0.3) is 0 Å². The van der Waals surface area contributed by atoms with Crippen molar-refractivity contribution >= 4 is 21.8 Å². The molecular formula is C25H25F3N2O5S. The van der Waals surface area contributed by atoms with Gasteiger partial charge in [-0.15, -0.1) is 0 Å². The summed E-state index contributed by atoms with van der Waals surface area (Å²) in [5.41, 5.74) is 0.101. The Hall–Kier alpha value is -3.73. The molecule has 7 nitrogen and oxygen atoms in total. The van der Waals surface area contributed by atoms with Gasteiger partial charge in [0.2, 0.25) is 0 Å². The van der Waals surface area contributed by atoms with Gasteiger partial charge in [0.1, 0.15) is 16.4 Å². The number of hydrogen-bond acceptors (Lipinski definition) is 5. The van der Waals surface area contributed by atoms with E-state index in [9.17, 15) is 26.4 Å². The lowest BCUT2D eigenvalue weighted by molar-refractivity contribution is -0.137. The molecule has 11 heteroatoms. The van der Waals surface area contributed by atoms with Crippen molar-refractivity contribution in [2.24, 2.45) is 0 Å². The Bertz CT molecular complexity index is 1310. The van der Waals surface area contributed by atoms with Crippen molar-refractivity contribution < 1.29 is 35.3 Å². The van der Waals surface area contributed by atoms with Crippen molar-refractivity contribution in [3.05, 3.63) is 83.9 Å². The molecule has 1 N–H and O–H groups in total. The fourth-order valence-electron chi connectivity index (χ4n) is 3.27. The van der Waals surface area contributed by atoms with E-state index in [1.165, 1.54) is 19.2 Å². The van der Waals surface area contributed by atoms with Gasteiger partial charge in [-0.2, -0.15) is 21.6 Å². The summed E-state index contributed by atoms with van der Waals surface area (Å²) in [5, 5.41) is 2.82. The van der Waals surface area contributed by atoms with E-state index in [2.05, 4.69) is 5.32 Å². The van der Waals surface area contributed by atoms with Gasteiger partial charge in [0.05, 0.1) is 18.4 Å². The Morgan fingerprint density at radius 3 is 2.28 bits per heavy atom. The quantitative estimate of drug-likeness (QED) is 0.371. The number of nitrogens with zero attached hydrogens (tertiary/aromatic N) is 1. The zero-order chi connectivity index (χ0) is 26.5. The number of carbonyl (C=O) groups excluding carboxylic acids is 1. The van der Waals surface area contributed by atoms with Crippen molar-refractivity contribution in [3.63, 3.8) is 0 Å². The van der Waals surface area contributed by atoms with Crippen molar-refractivity contribution in [2.75, 3.05) is 12.4 Å². The van der Waals surface area contributed by atoms with Gasteiger partial charge in [0, 0.05) is 12.6 Å². The number of amides is 2. The molecule has 0 saturated heterocycles. The number of benzene rings is 3. The molecule has 0 atom stereocenters. The zero-order valence-corrected chi connectivity index (χ0v) is 20.6. The van der Waals surface area contributed by atoms with E-state index in [0.717, 1.165) is 18.2 Å². The van der Waals surface area contributed by atoms with Crippen LogP contribution in [0.15, 0.2) is 77.7 Å². The molecule has 3 rings (SSSR count). The van der Waals surface area contributed by atoms with E-state index in [0.29, 0.717) is 23.1 Å². The van der Waals surface area contributed by atoms with Crippen LogP contribution in [-0.4, -0.2) is 32.5 Å². The molecule has 0 saturated carbocycles. The van der Waals surface area contributed by atoms with Crippen LogP contribution in [-0.2, 0) is 22.8 Å². The monoisotopic (exact) mass is 522 g/mol. The molecule has 0 fully saturated rings. The smallest absolute Gasteiger partial charge is 0.416 e. The van der Waals surface area contributed by atoms with E-state index < -0.39 is 26.8 Å². The summed E-state index contributed by atoms with van der Waals surface area (Å²) in [5.74, 6) is 0.434. The number of urea groups is 1. The fourth-order valence-corrected chi connectivity index (χ4v) is 4.25. The highest BCUT2D eigenvalue weighted by Gasteiger charge is 2.32. The molecule has 0 aliphatic carbocycles. The first-order chi connectivity index (χ1) is 16.9. The second-order valence-electron chi connectivity index (χ2n) is 8.06. The van der Waals surface area contributed by atoms with Gasteiger partial charge >= 0.3 is 22.3 Å². The average molecular weight is 523 g/mol. The normalized spacial score (nSPS) is 11.8. The van der Waals surface area contributed by atoms with Gasteiger partial charge in [-0.3, -0.25) is 0 Å². The van der Waals surface area contributed by atoms with Gasteiger partial charge in [0.25, 0.3) is 0 Å². The second kappa shape index (κ2) is 10.9. The maximum atomic E-state index is 12.9. The average Bonchev–Trinajstić information content (AvgIpc) is 2.83. The van der Waals surface area contributed by atoms with Crippen LogP contribution in [0.5, 0.6) is 11.5 Å². The summed E-state index contributed by atoms with van der Waals surface area (Å²) < 4.78 is 74.0. The van der Waals surface area contributed by atoms with E-state index in [4.69, 9.17) is 8.92 Å². The number of alkyl halides is 3. The van der Waals surface area contributed by atoms with Gasteiger partial charge in [0.15, 0.2) is 0 Å². The number of methoxy groups -OCH3 is 1. The van der Waals surface area contributed by atoms with Gasteiger partial charge in [-0.1, -0.05) is 30.3 Å². The standard InChI is InChI=1S/C25H25F3N2O5S/c1-17(2)30(24(31)29-22-9-4-5-10-23(22)34-3)16-18-11-13-20(14-12-18)35-36(32,33)21-8-6-7-19(15-21)25(26,27)28/h4-15,17H,16H2,1-3H3,(H,29,31). The van der Waals surface area contributed by atoms with Gasteiger partial charge < -0.3 is 19.1 Å². The van der Waals surface area contributed by atoms with Crippen LogP contribution < -0.4 is 14.2 Å². The third-order valence-corrected chi connectivity index (χ3v) is 6.41. The van der Waals surface area contributed by atoms with Crippen LogP contribution in [0, 0.1) is 0 Å². The predicted octanol–water partition coefficient (Wildman–Crippen LogP) is 5.92.